The number of amides is 1. The SMILES string of the molecule is Cc1nc2cc(C(=O)N3C(C)CCCC3C)ccc2o1. The molecule has 1 fully saturated rings. The zero-order valence-corrected chi connectivity index (χ0v) is 12.2. The molecule has 0 bridgehead atoms. The summed E-state index contributed by atoms with van der Waals surface area (Å²) in [5.41, 5.74) is 2.19. The molecular weight excluding hydrogens is 252 g/mol. The van der Waals surface area contributed by atoms with Crippen molar-refractivity contribution in [3.8, 4) is 0 Å². The van der Waals surface area contributed by atoms with Gasteiger partial charge in [0.2, 0.25) is 0 Å². The second-order valence-electron chi connectivity index (χ2n) is 5.76. The molecule has 1 aromatic heterocycles. The van der Waals surface area contributed by atoms with Gasteiger partial charge in [-0.25, -0.2) is 4.98 Å². The van der Waals surface area contributed by atoms with Crippen molar-refractivity contribution >= 4 is 17.0 Å². The predicted molar refractivity (Wildman–Crippen MR) is 77.7 cm³/mol. The number of likely N-dealkylation sites (tertiary alicyclic amines) is 1. The molecule has 1 aliphatic rings. The van der Waals surface area contributed by atoms with Crippen LogP contribution in [0.5, 0.6) is 0 Å². The number of fused-ring (bicyclic) bond motifs is 1. The largest absolute Gasteiger partial charge is 0.441 e. The Balaban J connectivity index is 1.94. The average molecular weight is 272 g/mol. The van der Waals surface area contributed by atoms with E-state index >= 15 is 0 Å². The number of hydrogen-bond acceptors (Lipinski definition) is 3. The van der Waals surface area contributed by atoms with Crippen molar-refractivity contribution in [1.82, 2.24) is 9.88 Å². The number of nitrogens with zero attached hydrogens (tertiary/aromatic N) is 2. The fraction of sp³-hybridized carbons (Fsp3) is 0.500. The number of aromatic nitrogens is 1. The Labute approximate surface area is 118 Å². The number of piperidine rings is 1. The van der Waals surface area contributed by atoms with E-state index in [1.165, 1.54) is 6.42 Å². The average Bonchev–Trinajstić information content (AvgIpc) is 2.77. The molecule has 20 heavy (non-hydrogen) atoms. The molecule has 1 aliphatic heterocycles. The highest BCUT2D eigenvalue weighted by Gasteiger charge is 2.29. The molecule has 0 N–H and O–H groups in total. The molecule has 2 unspecified atom stereocenters. The molecule has 0 radical (unpaired) electrons. The predicted octanol–water partition coefficient (Wildman–Crippen LogP) is 3.54. The summed E-state index contributed by atoms with van der Waals surface area (Å²) in [6, 6.07) is 6.12. The molecule has 1 aromatic carbocycles. The van der Waals surface area contributed by atoms with Gasteiger partial charge in [-0.05, 0) is 51.3 Å². The Morgan fingerprint density at radius 2 is 2.00 bits per heavy atom. The van der Waals surface area contributed by atoms with Crippen LogP contribution >= 0.6 is 0 Å². The number of oxazole rings is 1. The van der Waals surface area contributed by atoms with Crippen LogP contribution in [0.4, 0.5) is 0 Å². The molecule has 2 heterocycles. The fourth-order valence-corrected chi connectivity index (χ4v) is 3.15. The highest BCUT2D eigenvalue weighted by atomic mass is 16.3. The molecule has 2 atom stereocenters. The van der Waals surface area contributed by atoms with E-state index in [-0.39, 0.29) is 5.91 Å². The number of carbonyl (C=O) groups is 1. The molecule has 4 heteroatoms. The van der Waals surface area contributed by atoms with Gasteiger partial charge in [-0.2, -0.15) is 0 Å². The Morgan fingerprint density at radius 3 is 2.70 bits per heavy atom. The number of carbonyl (C=O) groups excluding carboxylic acids is 1. The lowest BCUT2D eigenvalue weighted by atomic mass is 9.96. The monoisotopic (exact) mass is 272 g/mol. The quantitative estimate of drug-likeness (QED) is 0.797. The highest BCUT2D eigenvalue weighted by molar-refractivity contribution is 5.97. The van der Waals surface area contributed by atoms with Gasteiger partial charge in [-0.1, -0.05) is 0 Å². The minimum Gasteiger partial charge on any atom is -0.441 e. The van der Waals surface area contributed by atoms with Crippen LogP contribution < -0.4 is 0 Å². The normalized spacial score (nSPS) is 23.2. The van der Waals surface area contributed by atoms with Crippen molar-refractivity contribution in [1.29, 1.82) is 0 Å². The van der Waals surface area contributed by atoms with Crippen LogP contribution in [0, 0.1) is 6.92 Å². The number of aryl methyl sites for hydroxylation is 1. The zero-order chi connectivity index (χ0) is 14.3. The first-order valence-corrected chi connectivity index (χ1v) is 7.26. The van der Waals surface area contributed by atoms with Crippen molar-refractivity contribution in [3.05, 3.63) is 29.7 Å². The highest BCUT2D eigenvalue weighted by Crippen LogP contribution is 2.25. The summed E-state index contributed by atoms with van der Waals surface area (Å²) in [5.74, 6) is 0.733. The van der Waals surface area contributed by atoms with Crippen LogP contribution in [0.3, 0.4) is 0 Å². The van der Waals surface area contributed by atoms with Crippen molar-refractivity contribution in [2.75, 3.05) is 0 Å². The third-order valence-electron chi connectivity index (χ3n) is 4.17. The fourth-order valence-electron chi connectivity index (χ4n) is 3.15. The lowest BCUT2D eigenvalue weighted by Crippen LogP contribution is -2.47. The lowest BCUT2D eigenvalue weighted by Gasteiger charge is -2.39. The van der Waals surface area contributed by atoms with E-state index in [1.807, 2.05) is 30.0 Å². The van der Waals surface area contributed by atoms with Gasteiger partial charge in [-0.3, -0.25) is 4.79 Å². The van der Waals surface area contributed by atoms with E-state index < -0.39 is 0 Å². The van der Waals surface area contributed by atoms with E-state index in [9.17, 15) is 4.79 Å². The maximum atomic E-state index is 12.7. The van der Waals surface area contributed by atoms with Crippen molar-refractivity contribution in [2.24, 2.45) is 0 Å². The van der Waals surface area contributed by atoms with Crippen LogP contribution in [0.25, 0.3) is 11.1 Å². The van der Waals surface area contributed by atoms with Crippen LogP contribution in [-0.4, -0.2) is 27.9 Å². The first kappa shape index (κ1) is 13.2. The van der Waals surface area contributed by atoms with Crippen LogP contribution in [-0.2, 0) is 0 Å². The minimum atomic E-state index is 0.104. The van der Waals surface area contributed by atoms with Gasteiger partial charge >= 0.3 is 0 Å². The number of hydrogen-bond donors (Lipinski definition) is 0. The summed E-state index contributed by atoms with van der Waals surface area (Å²) in [6.45, 7) is 6.08. The summed E-state index contributed by atoms with van der Waals surface area (Å²) in [6.07, 6.45) is 3.37. The Bertz CT molecular complexity index is 637. The first-order valence-electron chi connectivity index (χ1n) is 7.26. The molecule has 1 amide bonds. The molecule has 1 saturated heterocycles. The Kier molecular flexibility index (Phi) is 3.24. The van der Waals surface area contributed by atoms with E-state index in [0.29, 0.717) is 23.5 Å². The lowest BCUT2D eigenvalue weighted by molar-refractivity contribution is 0.0511. The van der Waals surface area contributed by atoms with Gasteiger partial charge in [0.05, 0.1) is 0 Å². The van der Waals surface area contributed by atoms with Crippen molar-refractivity contribution < 1.29 is 9.21 Å². The second-order valence-corrected chi connectivity index (χ2v) is 5.76. The summed E-state index contributed by atoms with van der Waals surface area (Å²) in [7, 11) is 0. The first-order chi connectivity index (χ1) is 9.56. The summed E-state index contributed by atoms with van der Waals surface area (Å²) >= 11 is 0. The van der Waals surface area contributed by atoms with E-state index in [4.69, 9.17) is 4.42 Å². The maximum absolute atomic E-state index is 12.7. The third kappa shape index (κ3) is 2.19. The zero-order valence-electron chi connectivity index (χ0n) is 12.2. The van der Waals surface area contributed by atoms with Crippen molar-refractivity contribution in [2.45, 2.75) is 52.1 Å². The molecule has 2 aromatic rings. The summed E-state index contributed by atoms with van der Waals surface area (Å²) in [5, 5.41) is 0. The third-order valence-corrected chi connectivity index (χ3v) is 4.17. The summed E-state index contributed by atoms with van der Waals surface area (Å²) < 4.78 is 5.45. The van der Waals surface area contributed by atoms with Crippen LogP contribution in [0.2, 0.25) is 0 Å². The molecule has 4 nitrogen and oxygen atoms in total. The number of rotatable bonds is 1. The molecule has 0 aliphatic carbocycles. The molecular formula is C16H20N2O2. The molecule has 0 saturated carbocycles. The smallest absolute Gasteiger partial charge is 0.254 e. The van der Waals surface area contributed by atoms with Gasteiger partial charge in [0.15, 0.2) is 11.5 Å². The molecule has 3 rings (SSSR count). The second kappa shape index (κ2) is 4.93. The molecule has 0 spiro atoms. The van der Waals surface area contributed by atoms with Crippen LogP contribution in [0.1, 0.15) is 49.4 Å². The Morgan fingerprint density at radius 1 is 1.30 bits per heavy atom. The maximum Gasteiger partial charge on any atom is 0.254 e. The van der Waals surface area contributed by atoms with E-state index in [0.717, 1.165) is 23.9 Å². The van der Waals surface area contributed by atoms with Gasteiger partial charge < -0.3 is 9.32 Å². The standard InChI is InChI=1S/C16H20N2O2/c1-10-5-4-6-11(2)18(10)16(19)13-7-8-15-14(9-13)17-12(3)20-15/h7-11H,4-6H2,1-3H3. The van der Waals surface area contributed by atoms with Gasteiger partial charge in [0.1, 0.15) is 5.52 Å². The molecule has 106 valence electrons. The van der Waals surface area contributed by atoms with Gasteiger partial charge in [-0.15, -0.1) is 0 Å². The van der Waals surface area contributed by atoms with E-state index in [2.05, 4.69) is 18.8 Å². The van der Waals surface area contributed by atoms with E-state index in [1.54, 1.807) is 0 Å². The van der Waals surface area contributed by atoms with Gasteiger partial charge in [0, 0.05) is 24.6 Å². The topological polar surface area (TPSA) is 46.3 Å². The van der Waals surface area contributed by atoms with Crippen LogP contribution in [0.15, 0.2) is 22.6 Å². The van der Waals surface area contributed by atoms with Crippen molar-refractivity contribution in [3.63, 3.8) is 0 Å². The Hall–Kier alpha value is -1.84. The minimum absolute atomic E-state index is 0.104. The summed E-state index contributed by atoms with van der Waals surface area (Å²) in [4.78, 5) is 19.1. The van der Waals surface area contributed by atoms with Gasteiger partial charge in [0.25, 0.3) is 5.91 Å². The number of benzene rings is 1.